The van der Waals surface area contributed by atoms with Gasteiger partial charge in [0.15, 0.2) is 0 Å². The molecule has 1 spiro atoms. The zero-order valence-electron chi connectivity index (χ0n) is 21.5. The van der Waals surface area contributed by atoms with Gasteiger partial charge in [-0.1, -0.05) is 0 Å². The van der Waals surface area contributed by atoms with Crippen molar-refractivity contribution in [3.8, 4) is 0 Å². The van der Waals surface area contributed by atoms with Crippen LogP contribution in [-0.2, 0) is 14.9 Å². The Balaban J connectivity index is 1.13. The number of ether oxygens (including phenoxy) is 2. The highest BCUT2D eigenvalue weighted by molar-refractivity contribution is 5.91. The van der Waals surface area contributed by atoms with Crippen molar-refractivity contribution in [2.45, 2.75) is 107 Å². The fraction of sp³-hybridized carbons (Fsp3) is 0.714. The first-order valence-electron chi connectivity index (χ1n) is 13.8. The molecule has 5 aliphatic rings. The Bertz CT molecular complexity index is 1010. The van der Waals surface area contributed by atoms with Gasteiger partial charge in [-0.15, -0.1) is 0 Å². The lowest BCUT2D eigenvalue weighted by molar-refractivity contribution is 0.0172. The zero-order valence-corrected chi connectivity index (χ0v) is 21.5. The molecule has 0 N–H and O–H groups in total. The maximum Gasteiger partial charge on any atom is 0.414 e. The summed E-state index contributed by atoms with van der Waals surface area (Å²) in [5, 5.41) is 0. The summed E-state index contributed by atoms with van der Waals surface area (Å²) in [6.45, 7) is 6.20. The number of benzene rings is 1. The van der Waals surface area contributed by atoms with E-state index in [-0.39, 0.29) is 47.7 Å². The fourth-order valence-corrected chi connectivity index (χ4v) is 7.25. The average Bonchev–Trinajstić information content (AvgIpc) is 3.27. The van der Waals surface area contributed by atoms with Crippen LogP contribution in [0.5, 0.6) is 0 Å². The number of halogens is 1. The Morgan fingerprint density at radius 3 is 2.31 bits per heavy atom. The van der Waals surface area contributed by atoms with Gasteiger partial charge in [-0.05, 0) is 108 Å². The lowest BCUT2D eigenvalue weighted by Gasteiger charge is -2.47. The average molecular weight is 500 g/mol. The van der Waals surface area contributed by atoms with Crippen LogP contribution < -0.4 is 4.90 Å². The molecule has 1 saturated carbocycles. The third kappa shape index (κ3) is 4.15. The Hall–Kier alpha value is -2.35. The standard InChI is InChI=1S/C28H38FN3O4/c1-18(2)35-27(34)32-20-7-8-21(32)16-22(15-20)30-12-10-28(11-13-30)17-31(26(33)36-23-4-3-5-23)25-9-6-19(29)14-24(25)28/h6,9,14,18,20-23H,3-5,7-8,10-13,15-17H2,1-2H3. The molecule has 8 heteroatoms. The van der Waals surface area contributed by atoms with Gasteiger partial charge in [0.25, 0.3) is 0 Å². The Kier molecular flexibility index (Phi) is 6.13. The quantitative estimate of drug-likeness (QED) is 0.572. The molecule has 1 aliphatic carbocycles. The molecule has 2 amide bonds. The van der Waals surface area contributed by atoms with E-state index in [0.717, 1.165) is 82.1 Å². The van der Waals surface area contributed by atoms with E-state index in [9.17, 15) is 14.0 Å². The third-order valence-corrected chi connectivity index (χ3v) is 9.35. The molecule has 2 unspecified atom stereocenters. The van der Waals surface area contributed by atoms with Crippen LogP contribution in [0.4, 0.5) is 19.7 Å². The Morgan fingerprint density at radius 1 is 1.00 bits per heavy atom. The van der Waals surface area contributed by atoms with Crippen LogP contribution in [0, 0.1) is 5.82 Å². The van der Waals surface area contributed by atoms with Gasteiger partial charge >= 0.3 is 12.2 Å². The predicted molar refractivity (Wildman–Crippen MR) is 134 cm³/mol. The minimum atomic E-state index is -0.288. The zero-order chi connectivity index (χ0) is 25.0. The number of fused-ring (bicyclic) bond motifs is 4. The molecule has 196 valence electrons. The van der Waals surface area contributed by atoms with Crippen LogP contribution in [0.1, 0.15) is 77.2 Å². The van der Waals surface area contributed by atoms with Crippen molar-refractivity contribution in [3.63, 3.8) is 0 Å². The summed E-state index contributed by atoms with van der Waals surface area (Å²) in [4.78, 5) is 32.0. The lowest BCUT2D eigenvalue weighted by Crippen LogP contribution is -2.55. The van der Waals surface area contributed by atoms with E-state index in [1.165, 1.54) is 6.07 Å². The van der Waals surface area contributed by atoms with Crippen molar-refractivity contribution < 1.29 is 23.5 Å². The number of hydrogen-bond donors (Lipinski definition) is 0. The highest BCUT2D eigenvalue weighted by Crippen LogP contribution is 2.49. The van der Waals surface area contributed by atoms with Crippen LogP contribution in [0.25, 0.3) is 0 Å². The largest absolute Gasteiger partial charge is 0.447 e. The van der Waals surface area contributed by atoms with Gasteiger partial charge in [0.2, 0.25) is 0 Å². The molecule has 1 aromatic rings. The van der Waals surface area contributed by atoms with Gasteiger partial charge in [-0.3, -0.25) is 4.90 Å². The van der Waals surface area contributed by atoms with Gasteiger partial charge in [-0.25, -0.2) is 14.0 Å². The monoisotopic (exact) mass is 499 g/mol. The molecular formula is C28H38FN3O4. The number of amides is 2. The predicted octanol–water partition coefficient (Wildman–Crippen LogP) is 5.21. The van der Waals surface area contributed by atoms with Crippen molar-refractivity contribution >= 4 is 17.9 Å². The molecule has 1 aromatic carbocycles. The van der Waals surface area contributed by atoms with E-state index < -0.39 is 0 Å². The second-order valence-corrected chi connectivity index (χ2v) is 11.9. The summed E-state index contributed by atoms with van der Waals surface area (Å²) in [5.74, 6) is -0.248. The minimum Gasteiger partial charge on any atom is -0.447 e. The van der Waals surface area contributed by atoms with E-state index in [1.54, 1.807) is 17.0 Å². The number of likely N-dealkylation sites (tertiary alicyclic amines) is 1. The molecule has 6 rings (SSSR count). The number of carbonyl (C=O) groups is 2. The van der Waals surface area contributed by atoms with Gasteiger partial charge < -0.3 is 19.3 Å². The molecule has 0 radical (unpaired) electrons. The summed E-state index contributed by atoms with van der Waals surface area (Å²) in [5.41, 5.74) is 1.54. The van der Waals surface area contributed by atoms with Crippen molar-refractivity contribution in [2.24, 2.45) is 0 Å². The number of nitrogens with zero attached hydrogens (tertiary/aromatic N) is 3. The van der Waals surface area contributed by atoms with Crippen molar-refractivity contribution in [1.29, 1.82) is 0 Å². The van der Waals surface area contributed by atoms with Crippen LogP contribution in [0.2, 0.25) is 0 Å². The summed E-state index contributed by atoms with van der Waals surface area (Å²) >= 11 is 0. The normalized spacial score (nSPS) is 29.4. The maximum atomic E-state index is 14.4. The van der Waals surface area contributed by atoms with Crippen molar-refractivity contribution in [2.75, 3.05) is 24.5 Å². The van der Waals surface area contributed by atoms with Crippen LogP contribution in [0.3, 0.4) is 0 Å². The summed E-state index contributed by atoms with van der Waals surface area (Å²) in [6, 6.07) is 5.81. The van der Waals surface area contributed by atoms with Gasteiger partial charge in [0.05, 0.1) is 11.8 Å². The van der Waals surface area contributed by atoms with E-state index >= 15 is 0 Å². The van der Waals surface area contributed by atoms with Crippen molar-refractivity contribution in [1.82, 2.24) is 9.80 Å². The highest BCUT2D eigenvalue weighted by atomic mass is 19.1. The van der Waals surface area contributed by atoms with Crippen molar-refractivity contribution in [3.05, 3.63) is 29.6 Å². The van der Waals surface area contributed by atoms with E-state index in [4.69, 9.17) is 9.47 Å². The first-order chi connectivity index (χ1) is 17.3. The maximum absolute atomic E-state index is 14.4. The third-order valence-electron chi connectivity index (χ3n) is 9.35. The highest BCUT2D eigenvalue weighted by Gasteiger charge is 2.50. The second kappa shape index (κ2) is 9.19. The first kappa shape index (κ1) is 24.0. The van der Waals surface area contributed by atoms with Crippen LogP contribution >= 0.6 is 0 Å². The molecule has 2 atom stereocenters. The molecular weight excluding hydrogens is 461 g/mol. The Labute approximate surface area is 212 Å². The lowest BCUT2D eigenvalue weighted by atomic mass is 9.73. The molecule has 3 saturated heterocycles. The summed E-state index contributed by atoms with van der Waals surface area (Å²) in [6.07, 6.45) is 8.32. The molecule has 7 nitrogen and oxygen atoms in total. The molecule has 4 fully saturated rings. The molecule has 4 heterocycles. The summed E-state index contributed by atoms with van der Waals surface area (Å²) < 4.78 is 25.6. The molecule has 36 heavy (non-hydrogen) atoms. The molecule has 0 aromatic heterocycles. The summed E-state index contributed by atoms with van der Waals surface area (Å²) in [7, 11) is 0. The minimum absolute atomic E-state index is 0.0267. The Morgan fingerprint density at radius 2 is 1.69 bits per heavy atom. The van der Waals surface area contributed by atoms with E-state index in [0.29, 0.717) is 12.6 Å². The van der Waals surface area contributed by atoms with Crippen LogP contribution in [-0.4, -0.2) is 72.0 Å². The number of carbonyl (C=O) groups excluding carboxylic acids is 2. The molecule has 2 bridgehead atoms. The van der Waals surface area contributed by atoms with Crippen LogP contribution in [0.15, 0.2) is 18.2 Å². The van der Waals surface area contributed by atoms with E-state index in [2.05, 4.69) is 4.90 Å². The number of anilines is 1. The molecule has 4 aliphatic heterocycles. The van der Waals surface area contributed by atoms with Gasteiger partial charge in [0, 0.05) is 30.1 Å². The second-order valence-electron chi connectivity index (χ2n) is 11.9. The van der Waals surface area contributed by atoms with Gasteiger partial charge in [0.1, 0.15) is 11.9 Å². The number of rotatable bonds is 3. The first-order valence-corrected chi connectivity index (χ1v) is 13.8. The fourth-order valence-electron chi connectivity index (χ4n) is 7.25. The SMILES string of the molecule is CC(C)OC(=O)N1C2CCC1CC(N1CCC3(CC1)CN(C(=O)OC1CCC1)c1ccc(F)cc13)C2. The topological polar surface area (TPSA) is 62.3 Å². The number of hydrogen-bond acceptors (Lipinski definition) is 5. The van der Waals surface area contributed by atoms with E-state index in [1.807, 2.05) is 18.7 Å². The number of piperidine rings is 2. The van der Waals surface area contributed by atoms with Gasteiger partial charge in [-0.2, -0.15) is 0 Å². The smallest absolute Gasteiger partial charge is 0.414 e.